The van der Waals surface area contributed by atoms with Crippen molar-refractivity contribution >= 4 is 17.0 Å². The Morgan fingerprint density at radius 2 is 2.11 bits per heavy atom. The van der Waals surface area contributed by atoms with E-state index in [0.717, 1.165) is 25.7 Å². The minimum atomic E-state index is -2.75. The molecule has 1 rings (SSSR count). The number of amides is 1. The molecule has 1 atom stereocenters. The van der Waals surface area contributed by atoms with E-state index in [1.807, 2.05) is 6.92 Å². The van der Waals surface area contributed by atoms with Crippen molar-refractivity contribution < 1.29 is 17.9 Å². The predicted molar refractivity (Wildman–Crippen MR) is 73.3 cm³/mol. The summed E-state index contributed by atoms with van der Waals surface area (Å²) >= 11 is 0. The molecule has 1 fully saturated rings. The van der Waals surface area contributed by atoms with Gasteiger partial charge in [-0.3, -0.25) is 4.90 Å². The number of ether oxygens (including phenoxy) is 1. The zero-order valence-corrected chi connectivity index (χ0v) is 12.6. The van der Waals surface area contributed by atoms with Crippen molar-refractivity contribution in [3.05, 3.63) is 0 Å². The van der Waals surface area contributed by atoms with E-state index < -0.39 is 22.6 Å². The van der Waals surface area contributed by atoms with Crippen LogP contribution in [0.1, 0.15) is 52.4 Å². The van der Waals surface area contributed by atoms with Crippen LogP contribution in [0.4, 0.5) is 4.79 Å². The molecule has 0 saturated carbocycles. The van der Waals surface area contributed by atoms with Crippen molar-refractivity contribution in [2.45, 2.75) is 58.0 Å². The molecule has 1 heterocycles. The van der Waals surface area contributed by atoms with Gasteiger partial charge in [-0.15, -0.1) is 0 Å². The molecule has 1 amide bonds. The van der Waals surface area contributed by atoms with Gasteiger partial charge in [0.2, 0.25) is 10.9 Å². The van der Waals surface area contributed by atoms with E-state index in [1.54, 1.807) is 11.8 Å². The van der Waals surface area contributed by atoms with E-state index in [4.69, 9.17) is 4.74 Å². The summed E-state index contributed by atoms with van der Waals surface area (Å²) in [5, 5.41) is 0. The fourth-order valence-electron chi connectivity index (χ4n) is 2.58. The van der Waals surface area contributed by atoms with Gasteiger partial charge in [-0.2, -0.15) is 4.72 Å². The molecule has 19 heavy (non-hydrogen) atoms. The zero-order chi connectivity index (χ0) is 14.3. The summed E-state index contributed by atoms with van der Waals surface area (Å²) in [7, 11) is -2.75. The Labute approximate surface area is 116 Å². The smallest absolute Gasteiger partial charge is 0.411 e. The Kier molecular flexibility index (Phi) is 6.57. The maximum Gasteiger partial charge on any atom is 0.411 e. The first-order chi connectivity index (χ1) is 9.05. The third-order valence-electron chi connectivity index (χ3n) is 3.47. The highest BCUT2D eigenvalue weighted by Gasteiger charge is 2.42. The topological polar surface area (TPSA) is 75.7 Å². The molecule has 1 aliphatic rings. The normalized spacial score (nSPS) is 23.6. The second-order valence-electron chi connectivity index (χ2n) is 4.81. The van der Waals surface area contributed by atoms with Gasteiger partial charge in [0, 0.05) is 6.54 Å². The molecule has 0 aliphatic carbocycles. The molecular weight excluding hydrogens is 268 g/mol. The Morgan fingerprint density at radius 3 is 2.68 bits per heavy atom. The maximum atomic E-state index is 12.0. The number of piperidine rings is 1. The van der Waals surface area contributed by atoms with Crippen molar-refractivity contribution in [3.63, 3.8) is 0 Å². The van der Waals surface area contributed by atoms with Gasteiger partial charge in [-0.05, 0) is 39.0 Å². The second-order valence-corrected chi connectivity index (χ2v) is 5.55. The summed E-state index contributed by atoms with van der Waals surface area (Å²) in [6.07, 6.45) is 4.46. The van der Waals surface area contributed by atoms with E-state index in [9.17, 15) is 13.2 Å². The first-order valence-electron chi connectivity index (χ1n) is 6.92. The molecular formula is C12H24N2O4S. The number of hydrogen-bond donors (Lipinski definition) is 2. The van der Waals surface area contributed by atoms with E-state index >= 15 is 0 Å². The highest BCUT2D eigenvalue weighted by molar-refractivity contribution is 7.70. The van der Waals surface area contributed by atoms with Crippen molar-refractivity contribution in [3.8, 4) is 0 Å². The molecule has 1 N–H and O–H groups in total. The third-order valence-corrected chi connectivity index (χ3v) is 4.07. The van der Waals surface area contributed by atoms with E-state index in [1.165, 1.54) is 0 Å². The van der Waals surface area contributed by atoms with E-state index in [2.05, 4.69) is 4.72 Å². The van der Waals surface area contributed by atoms with Crippen molar-refractivity contribution in [1.82, 2.24) is 9.62 Å². The SMILES string of the molecule is CCCCC1(N[SH](=O)=O)CCCCN1C(=O)OCC. The van der Waals surface area contributed by atoms with Crippen LogP contribution in [0.15, 0.2) is 0 Å². The quantitative estimate of drug-likeness (QED) is 0.730. The van der Waals surface area contributed by atoms with Crippen LogP contribution in [-0.4, -0.2) is 38.2 Å². The molecule has 1 aliphatic heterocycles. The Balaban J connectivity index is 2.94. The summed E-state index contributed by atoms with van der Waals surface area (Å²) in [5.41, 5.74) is -0.796. The van der Waals surface area contributed by atoms with Crippen LogP contribution in [0.5, 0.6) is 0 Å². The zero-order valence-electron chi connectivity index (χ0n) is 11.7. The third kappa shape index (κ3) is 4.35. The number of carbonyl (C=O) groups excluding carboxylic acids is 1. The van der Waals surface area contributed by atoms with Crippen LogP contribution in [0.3, 0.4) is 0 Å². The average Bonchev–Trinajstić information content (AvgIpc) is 2.36. The summed E-state index contributed by atoms with van der Waals surface area (Å²) in [4.78, 5) is 13.6. The van der Waals surface area contributed by atoms with Crippen LogP contribution in [-0.2, 0) is 15.6 Å². The van der Waals surface area contributed by atoms with Crippen LogP contribution >= 0.6 is 0 Å². The van der Waals surface area contributed by atoms with Crippen LogP contribution in [0, 0.1) is 0 Å². The minimum Gasteiger partial charge on any atom is -0.450 e. The number of nitrogens with zero attached hydrogens (tertiary/aromatic N) is 1. The predicted octanol–water partition coefficient (Wildman–Crippen LogP) is 1.63. The van der Waals surface area contributed by atoms with Crippen LogP contribution in [0.25, 0.3) is 0 Å². The number of rotatable bonds is 6. The lowest BCUT2D eigenvalue weighted by Gasteiger charge is -2.45. The molecule has 7 heteroatoms. The Morgan fingerprint density at radius 1 is 1.37 bits per heavy atom. The summed E-state index contributed by atoms with van der Waals surface area (Å²) in [6.45, 7) is 4.63. The average molecular weight is 292 g/mol. The lowest BCUT2D eigenvalue weighted by Crippen LogP contribution is -2.62. The highest BCUT2D eigenvalue weighted by atomic mass is 32.2. The fourth-order valence-corrected chi connectivity index (χ4v) is 3.26. The van der Waals surface area contributed by atoms with Gasteiger partial charge in [0.15, 0.2) is 0 Å². The van der Waals surface area contributed by atoms with E-state index in [-0.39, 0.29) is 0 Å². The van der Waals surface area contributed by atoms with Crippen LogP contribution < -0.4 is 4.72 Å². The Bertz CT molecular complexity index is 365. The number of hydrogen-bond acceptors (Lipinski definition) is 4. The number of nitrogens with one attached hydrogen (secondary N) is 1. The fraction of sp³-hybridized carbons (Fsp3) is 0.917. The molecule has 0 bridgehead atoms. The van der Waals surface area contributed by atoms with Gasteiger partial charge in [0.05, 0.1) is 6.61 Å². The standard InChI is InChI=1S/C12H24N2O4S/c1-3-5-8-12(13-19(16)17)9-6-7-10-14(12)11(15)18-4-2/h19H,3-10H2,1-2H3,(H,13,16,17). The number of likely N-dealkylation sites (tertiary alicyclic amines) is 1. The molecule has 0 aromatic heterocycles. The van der Waals surface area contributed by atoms with Gasteiger partial charge >= 0.3 is 6.09 Å². The molecule has 0 spiro atoms. The molecule has 6 nitrogen and oxygen atoms in total. The molecule has 0 aromatic rings. The molecule has 112 valence electrons. The van der Waals surface area contributed by atoms with Gasteiger partial charge in [0.1, 0.15) is 5.66 Å². The maximum absolute atomic E-state index is 12.0. The van der Waals surface area contributed by atoms with Crippen LogP contribution in [0.2, 0.25) is 0 Å². The highest BCUT2D eigenvalue weighted by Crippen LogP contribution is 2.31. The van der Waals surface area contributed by atoms with Gasteiger partial charge in [-0.1, -0.05) is 13.3 Å². The lowest BCUT2D eigenvalue weighted by molar-refractivity contribution is 0.0172. The van der Waals surface area contributed by atoms with Crippen molar-refractivity contribution in [2.75, 3.05) is 13.2 Å². The number of thiol groups is 1. The van der Waals surface area contributed by atoms with Gasteiger partial charge in [-0.25, -0.2) is 13.2 Å². The molecule has 0 radical (unpaired) electrons. The van der Waals surface area contributed by atoms with E-state index in [0.29, 0.717) is 26.0 Å². The first kappa shape index (κ1) is 16.2. The minimum absolute atomic E-state index is 0.294. The lowest BCUT2D eigenvalue weighted by atomic mass is 9.91. The monoisotopic (exact) mass is 292 g/mol. The summed E-state index contributed by atoms with van der Waals surface area (Å²) < 4.78 is 29.9. The Hall–Kier alpha value is -0.820. The second kappa shape index (κ2) is 7.69. The molecule has 0 aromatic carbocycles. The largest absolute Gasteiger partial charge is 0.450 e. The number of unbranched alkanes of at least 4 members (excludes halogenated alkanes) is 1. The van der Waals surface area contributed by atoms with Crippen molar-refractivity contribution in [2.24, 2.45) is 0 Å². The molecule has 1 saturated heterocycles. The summed E-state index contributed by atoms with van der Waals surface area (Å²) in [5.74, 6) is 0. The number of carbonyl (C=O) groups is 1. The molecule has 1 unspecified atom stereocenters. The van der Waals surface area contributed by atoms with Crippen molar-refractivity contribution in [1.29, 1.82) is 0 Å². The first-order valence-corrected chi connectivity index (χ1v) is 8.10. The summed E-state index contributed by atoms with van der Waals surface area (Å²) in [6, 6.07) is 0. The van der Waals surface area contributed by atoms with Gasteiger partial charge in [0.25, 0.3) is 0 Å². The van der Waals surface area contributed by atoms with Gasteiger partial charge < -0.3 is 4.74 Å².